The third-order valence-electron chi connectivity index (χ3n) is 6.42. The molecule has 1 fully saturated rings. The van der Waals surface area contributed by atoms with Crippen LogP contribution in [-0.4, -0.2) is 55.7 Å². The van der Waals surface area contributed by atoms with Gasteiger partial charge in [-0.05, 0) is 49.9 Å². The first-order valence-electron chi connectivity index (χ1n) is 11.0. The summed E-state index contributed by atoms with van der Waals surface area (Å²) in [5.74, 6) is 0.264. The average Bonchev–Trinajstić information content (AvgIpc) is 3.29. The number of anilines is 1. The molecule has 0 bridgehead atoms. The first-order chi connectivity index (χ1) is 16.8. The molecule has 2 aliphatic heterocycles. The third-order valence-corrected chi connectivity index (χ3v) is 6.42. The highest BCUT2D eigenvalue weighted by Gasteiger charge is 2.43. The lowest BCUT2D eigenvalue weighted by Gasteiger charge is -2.44. The topological polar surface area (TPSA) is 66.1 Å². The summed E-state index contributed by atoms with van der Waals surface area (Å²) in [7, 11) is 1.93. The molecule has 1 atom stereocenters. The highest BCUT2D eigenvalue weighted by Crippen LogP contribution is 2.39. The van der Waals surface area contributed by atoms with Crippen molar-refractivity contribution in [2.24, 2.45) is 0 Å². The Bertz CT molecular complexity index is 1100. The van der Waals surface area contributed by atoms with Crippen molar-refractivity contribution >= 4 is 11.6 Å². The van der Waals surface area contributed by atoms with Crippen LogP contribution in [0.15, 0.2) is 36.4 Å². The first-order valence-corrected chi connectivity index (χ1v) is 11.0. The van der Waals surface area contributed by atoms with E-state index in [4.69, 9.17) is 9.47 Å². The number of halogens is 6. The Morgan fingerprint density at radius 3 is 2.00 bits per heavy atom. The van der Waals surface area contributed by atoms with Gasteiger partial charge < -0.3 is 14.4 Å². The molecule has 1 amide bonds. The van der Waals surface area contributed by atoms with Gasteiger partial charge in [-0.15, -0.1) is 0 Å². The van der Waals surface area contributed by atoms with Crippen LogP contribution < -0.4 is 20.3 Å². The number of carbonyl (C=O) groups excluding carboxylic acids is 1. The Kier molecular flexibility index (Phi) is 6.73. The molecule has 2 heterocycles. The summed E-state index contributed by atoms with van der Waals surface area (Å²) >= 11 is 0. The fraction of sp³-hybridized carbons (Fsp3) is 0.435. The molecule has 36 heavy (non-hydrogen) atoms. The second-order valence-corrected chi connectivity index (χ2v) is 8.80. The van der Waals surface area contributed by atoms with Crippen molar-refractivity contribution in [1.29, 1.82) is 0 Å². The lowest BCUT2D eigenvalue weighted by atomic mass is 9.88. The number of hydrogen-bond acceptors (Lipinski definition) is 6. The Morgan fingerprint density at radius 1 is 0.833 bits per heavy atom. The Balaban J connectivity index is 1.64. The van der Waals surface area contributed by atoms with Gasteiger partial charge in [0.1, 0.15) is 5.54 Å². The van der Waals surface area contributed by atoms with Crippen molar-refractivity contribution in [3.63, 3.8) is 0 Å². The Hall–Kier alpha value is -3.19. The lowest BCUT2D eigenvalue weighted by Crippen LogP contribution is -2.60. The summed E-state index contributed by atoms with van der Waals surface area (Å²) in [4.78, 5) is 17.5. The molecule has 0 spiro atoms. The summed E-state index contributed by atoms with van der Waals surface area (Å²) < 4.78 is 90.0. The lowest BCUT2D eigenvalue weighted by molar-refractivity contribution is -0.143. The van der Waals surface area contributed by atoms with Crippen LogP contribution in [-0.2, 0) is 22.7 Å². The predicted octanol–water partition coefficient (Wildman–Crippen LogP) is 4.06. The SMILES string of the molecule is CN1CCN(C(C)(C(=O)NNc2cc(C(F)(F)F)cc(C(F)(F)F)c2)c2ccc3c(c2)OCO3)CC1. The Morgan fingerprint density at radius 2 is 1.42 bits per heavy atom. The number of piperazine rings is 1. The van der Waals surface area contributed by atoms with Crippen molar-refractivity contribution < 1.29 is 40.6 Å². The van der Waals surface area contributed by atoms with Crippen LogP contribution in [0.5, 0.6) is 11.5 Å². The second kappa shape index (κ2) is 9.36. The molecular formula is C23H24F6N4O3. The van der Waals surface area contributed by atoms with Crippen LogP contribution in [0.3, 0.4) is 0 Å². The highest BCUT2D eigenvalue weighted by molar-refractivity contribution is 5.88. The van der Waals surface area contributed by atoms with Gasteiger partial charge in [-0.1, -0.05) is 6.07 Å². The number of hydrogen-bond donors (Lipinski definition) is 2. The molecule has 1 saturated heterocycles. The van der Waals surface area contributed by atoms with E-state index >= 15 is 0 Å². The number of amides is 1. The number of nitrogens with zero attached hydrogens (tertiary/aromatic N) is 2. The van der Waals surface area contributed by atoms with Crippen molar-refractivity contribution in [2.75, 3.05) is 45.4 Å². The van der Waals surface area contributed by atoms with Gasteiger partial charge in [0.2, 0.25) is 6.79 Å². The number of ether oxygens (including phenoxy) is 2. The largest absolute Gasteiger partial charge is 0.454 e. The monoisotopic (exact) mass is 518 g/mol. The van der Waals surface area contributed by atoms with Gasteiger partial charge in [0.15, 0.2) is 11.5 Å². The number of alkyl halides is 6. The molecule has 2 aromatic rings. The minimum atomic E-state index is -5.01. The number of fused-ring (bicyclic) bond motifs is 1. The van der Waals surface area contributed by atoms with Crippen molar-refractivity contribution in [1.82, 2.24) is 15.2 Å². The maximum absolute atomic E-state index is 13.5. The molecular weight excluding hydrogens is 494 g/mol. The number of nitrogens with one attached hydrogen (secondary N) is 2. The van der Waals surface area contributed by atoms with Crippen LogP contribution >= 0.6 is 0 Å². The third kappa shape index (κ3) is 5.16. The smallest absolute Gasteiger partial charge is 0.416 e. The predicted molar refractivity (Wildman–Crippen MR) is 117 cm³/mol. The van der Waals surface area contributed by atoms with Gasteiger partial charge in [0.05, 0.1) is 16.8 Å². The normalized spacial score (nSPS) is 18.6. The highest BCUT2D eigenvalue weighted by atomic mass is 19.4. The fourth-order valence-corrected chi connectivity index (χ4v) is 4.19. The van der Waals surface area contributed by atoms with Gasteiger partial charge in [-0.2, -0.15) is 26.3 Å². The molecule has 196 valence electrons. The van der Waals surface area contributed by atoms with Crippen LogP contribution in [0.2, 0.25) is 0 Å². The average molecular weight is 518 g/mol. The van der Waals surface area contributed by atoms with Gasteiger partial charge in [0.25, 0.3) is 5.91 Å². The number of likely N-dealkylation sites (N-methyl/N-ethyl adjacent to an activating group) is 1. The molecule has 2 N–H and O–H groups in total. The van der Waals surface area contributed by atoms with E-state index in [1.807, 2.05) is 11.9 Å². The van der Waals surface area contributed by atoms with E-state index in [2.05, 4.69) is 15.8 Å². The van der Waals surface area contributed by atoms with E-state index in [1.165, 1.54) is 0 Å². The summed E-state index contributed by atoms with van der Waals surface area (Å²) in [6, 6.07) is 6.00. The zero-order valence-corrected chi connectivity index (χ0v) is 19.4. The number of carbonyl (C=O) groups is 1. The van der Waals surface area contributed by atoms with Crippen LogP contribution in [0, 0.1) is 0 Å². The minimum Gasteiger partial charge on any atom is -0.454 e. The summed E-state index contributed by atoms with van der Waals surface area (Å²) in [6.45, 7) is 3.97. The van der Waals surface area contributed by atoms with E-state index in [-0.39, 0.29) is 12.9 Å². The number of benzene rings is 2. The van der Waals surface area contributed by atoms with Gasteiger partial charge in [-0.25, -0.2) is 0 Å². The van der Waals surface area contributed by atoms with Crippen LogP contribution in [0.1, 0.15) is 23.6 Å². The summed E-state index contributed by atoms with van der Waals surface area (Å²) in [5.41, 5.74) is 0.221. The summed E-state index contributed by atoms with van der Waals surface area (Å²) in [6.07, 6.45) is -10.0. The van der Waals surface area contributed by atoms with Gasteiger partial charge in [0, 0.05) is 26.2 Å². The molecule has 4 rings (SSSR count). The molecule has 0 radical (unpaired) electrons. The maximum atomic E-state index is 13.5. The quantitative estimate of drug-likeness (QED) is 0.460. The fourth-order valence-electron chi connectivity index (χ4n) is 4.19. The number of rotatable bonds is 5. The molecule has 7 nitrogen and oxygen atoms in total. The molecule has 2 aliphatic rings. The molecule has 0 aliphatic carbocycles. The number of hydrazine groups is 1. The van der Waals surface area contributed by atoms with Crippen LogP contribution in [0.25, 0.3) is 0 Å². The van der Waals surface area contributed by atoms with E-state index in [9.17, 15) is 31.1 Å². The van der Waals surface area contributed by atoms with Crippen molar-refractivity contribution in [2.45, 2.75) is 24.8 Å². The zero-order valence-electron chi connectivity index (χ0n) is 19.4. The molecule has 13 heteroatoms. The van der Waals surface area contributed by atoms with E-state index in [0.29, 0.717) is 55.4 Å². The minimum absolute atomic E-state index is 0.0218. The van der Waals surface area contributed by atoms with Crippen LogP contribution in [0.4, 0.5) is 32.0 Å². The maximum Gasteiger partial charge on any atom is 0.416 e. The van der Waals surface area contributed by atoms with Gasteiger partial charge >= 0.3 is 12.4 Å². The first kappa shape index (κ1) is 25.9. The second-order valence-electron chi connectivity index (χ2n) is 8.80. The molecule has 0 saturated carbocycles. The van der Waals surface area contributed by atoms with Gasteiger partial charge in [-0.3, -0.25) is 20.5 Å². The molecule has 1 unspecified atom stereocenters. The summed E-state index contributed by atoms with van der Waals surface area (Å²) in [5, 5.41) is 0. The Labute approximate surface area is 202 Å². The van der Waals surface area contributed by atoms with Crippen molar-refractivity contribution in [3.05, 3.63) is 53.1 Å². The van der Waals surface area contributed by atoms with E-state index < -0.39 is 40.6 Å². The van der Waals surface area contributed by atoms with E-state index in [1.54, 1.807) is 25.1 Å². The van der Waals surface area contributed by atoms with Crippen molar-refractivity contribution in [3.8, 4) is 11.5 Å². The standard InChI is InChI=1S/C23H24F6N4O3/c1-21(33-7-5-32(2)6-8-33,14-3-4-18-19(12-14)36-13-35-18)20(34)31-30-17-10-15(22(24,25)26)9-16(11-17)23(27,28)29/h3-4,9-12,30H,5-8,13H2,1-2H3,(H,31,34). The molecule has 0 aromatic heterocycles. The zero-order chi connectivity index (χ0) is 26.3. The van der Waals surface area contributed by atoms with E-state index in [0.717, 1.165) is 0 Å². The molecule has 2 aromatic carbocycles.